The lowest BCUT2D eigenvalue weighted by molar-refractivity contribution is 0.903. The smallest absolute Gasteiger partial charge is 0.0308 e. The van der Waals surface area contributed by atoms with Gasteiger partial charge in [0.05, 0.1) is 0 Å². The van der Waals surface area contributed by atoms with E-state index in [0.29, 0.717) is 5.92 Å². The van der Waals surface area contributed by atoms with Crippen molar-refractivity contribution in [3.05, 3.63) is 124 Å². The average Bonchev–Trinajstić information content (AvgIpc) is 3.35. The highest BCUT2D eigenvalue weighted by molar-refractivity contribution is 5.97. The standard InChI is InChI=1S/C32H25/c1-19-16-23-18-29(27-15-14-24(19)32(23)31(27)22-9-4-3-5-10-22)30-20(2)17-28-25-11-7-6-8-21(25)12-13-26(28)30/h3-13,16-18,30H,14-15H2,1-2H3. The molecule has 0 saturated heterocycles. The van der Waals surface area contributed by atoms with Gasteiger partial charge in [-0.2, -0.15) is 0 Å². The molecule has 1 unspecified atom stereocenters. The van der Waals surface area contributed by atoms with Crippen LogP contribution in [0.15, 0.2) is 83.9 Å². The van der Waals surface area contributed by atoms with Crippen LogP contribution >= 0.6 is 0 Å². The number of allylic oxidation sites excluding steroid dienone is 3. The molecule has 0 nitrogen and oxygen atoms in total. The first-order valence-electron chi connectivity index (χ1n) is 11.7. The first kappa shape index (κ1) is 18.2. The predicted octanol–water partition coefficient (Wildman–Crippen LogP) is 8.34. The van der Waals surface area contributed by atoms with Crippen LogP contribution in [0.3, 0.4) is 0 Å². The third-order valence-corrected chi connectivity index (χ3v) is 7.79. The van der Waals surface area contributed by atoms with Crippen LogP contribution < -0.4 is 0 Å². The van der Waals surface area contributed by atoms with Crippen molar-refractivity contribution >= 4 is 22.4 Å². The predicted molar refractivity (Wildman–Crippen MR) is 136 cm³/mol. The first-order valence-corrected chi connectivity index (χ1v) is 11.7. The monoisotopic (exact) mass is 409 g/mol. The van der Waals surface area contributed by atoms with Crippen molar-refractivity contribution in [2.75, 3.05) is 0 Å². The maximum atomic E-state index is 2.51. The molecule has 7 rings (SSSR count). The van der Waals surface area contributed by atoms with Crippen molar-refractivity contribution in [2.24, 2.45) is 0 Å². The van der Waals surface area contributed by atoms with Gasteiger partial charge in [-0.3, -0.25) is 0 Å². The van der Waals surface area contributed by atoms with Gasteiger partial charge >= 0.3 is 0 Å². The second kappa shape index (κ2) is 6.56. The van der Waals surface area contributed by atoms with Crippen LogP contribution in [-0.4, -0.2) is 0 Å². The molecule has 1 radical (unpaired) electrons. The Labute approximate surface area is 189 Å². The van der Waals surface area contributed by atoms with E-state index >= 15 is 0 Å². The van der Waals surface area contributed by atoms with Gasteiger partial charge in [-0.05, 0) is 87.5 Å². The van der Waals surface area contributed by atoms with Crippen LogP contribution in [0.4, 0.5) is 0 Å². The SMILES string of the molecule is CC1=Cc2c(ccc3ccccc23)C1c1cc2c3c(-c4ccccc4)c1CCC3=C(C)[CH]2. The Morgan fingerprint density at radius 3 is 2.44 bits per heavy atom. The van der Waals surface area contributed by atoms with Crippen molar-refractivity contribution in [1.29, 1.82) is 0 Å². The quantitative estimate of drug-likeness (QED) is 0.312. The average molecular weight is 410 g/mol. The fraction of sp³-hybridized carbons (Fsp3) is 0.156. The van der Waals surface area contributed by atoms with Gasteiger partial charge in [0, 0.05) is 12.3 Å². The Balaban J connectivity index is 1.51. The Kier molecular flexibility index (Phi) is 3.73. The molecule has 3 aliphatic carbocycles. The third-order valence-electron chi connectivity index (χ3n) is 7.79. The molecule has 0 amide bonds. The van der Waals surface area contributed by atoms with E-state index in [1.54, 1.807) is 11.1 Å². The van der Waals surface area contributed by atoms with Crippen molar-refractivity contribution in [3.63, 3.8) is 0 Å². The number of benzene rings is 4. The van der Waals surface area contributed by atoms with Crippen molar-refractivity contribution in [2.45, 2.75) is 32.6 Å². The van der Waals surface area contributed by atoms with E-state index in [4.69, 9.17) is 0 Å². The van der Waals surface area contributed by atoms with E-state index in [2.05, 4.69) is 99.1 Å². The summed E-state index contributed by atoms with van der Waals surface area (Å²) >= 11 is 0. The summed E-state index contributed by atoms with van der Waals surface area (Å²) < 4.78 is 0. The van der Waals surface area contributed by atoms with Gasteiger partial charge < -0.3 is 0 Å². The highest BCUT2D eigenvalue weighted by Gasteiger charge is 2.35. The zero-order valence-electron chi connectivity index (χ0n) is 18.6. The van der Waals surface area contributed by atoms with Gasteiger partial charge in [0.2, 0.25) is 0 Å². The van der Waals surface area contributed by atoms with Crippen LogP contribution in [0, 0.1) is 6.42 Å². The number of hydrogen-bond donors (Lipinski definition) is 0. The summed E-state index contributed by atoms with van der Waals surface area (Å²) in [6.45, 7) is 4.61. The first-order chi connectivity index (χ1) is 15.7. The summed E-state index contributed by atoms with van der Waals surface area (Å²) in [4.78, 5) is 0. The highest BCUT2D eigenvalue weighted by atomic mass is 14.4. The Bertz CT molecular complexity index is 1490. The molecule has 32 heavy (non-hydrogen) atoms. The minimum atomic E-state index is 0.341. The van der Waals surface area contributed by atoms with Crippen molar-refractivity contribution in [3.8, 4) is 11.1 Å². The molecule has 0 spiro atoms. The molecule has 0 heterocycles. The summed E-state index contributed by atoms with van der Waals surface area (Å²) in [6, 6.07) is 27.1. The highest BCUT2D eigenvalue weighted by Crippen LogP contribution is 2.53. The van der Waals surface area contributed by atoms with Gasteiger partial charge in [0.25, 0.3) is 0 Å². The molecule has 0 aromatic heterocycles. The van der Waals surface area contributed by atoms with E-state index in [9.17, 15) is 0 Å². The molecule has 153 valence electrons. The maximum Gasteiger partial charge on any atom is 0.0308 e. The van der Waals surface area contributed by atoms with Crippen LogP contribution in [0.25, 0.3) is 33.5 Å². The van der Waals surface area contributed by atoms with Crippen molar-refractivity contribution in [1.82, 2.24) is 0 Å². The molecule has 0 N–H and O–H groups in total. The summed E-state index contributed by atoms with van der Waals surface area (Å²) in [6.07, 6.45) is 7.14. The van der Waals surface area contributed by atoms with Crippen LogP contribution in [0.2, 0.25) is 0 Å². The molecule has 4 aromatic rings. The summed E-state index contributed by atoms with van der Waals surface area (Å²) in [7, 11) is 0. The largest absolute Gasteiger partial charge is 0.0622 e. The van der Waals surface area contributed by atoms with Crippen molar-refractivity contribution < 1.29 is 0 Å². The third kappa shape index (κ3) is 2.38. The van der Waals surface area contributed by atoms with E-state index in [0.717, 1.165) is 12.8 Å². The van der Waals surface area contributed by atoms with Crippen LogP contribution in [-0.2, 0) is 6.42 Å². The molecule has 0 fully saturated rings. The molecular formula is C32H25. The van der Waals surface area contributed by atoms with E-state index in [1.165, 1.54) is 60.9 Å². The molecule has 0 aliphatic heterocycles. The minimum absolute atomic E-state index is 0.341. The van der Waals surface area contributed by atoms with Crippen LogP contribution in [0.1, 0.15) is 59.6 Å². The Morgan fingerprint density at radius 2 is 1.56 bits per heavy atom. The topological polar surface area (TPSA) is 0 Å². The summed E-state index contributed by atoms with van der Waals surface area (Å²) in [5, 5.41) is 2.70. The molecule has 3 aliphatic rings. The van der Waals surface area contributed by atoms with Gasteiger partial charge in [-0.25, -0.2) is 0 Å². The second-order valence-electron chi connectivity index (χ2n) is 9.57. The number of hydrogen-bond acceptors (Lipinski definition) is 0. The fourth-order valence-electron chi connectivity index (χ4n) is 6.44. The van der Waals surface area contributed by atoms with Gasteiger partial charge in [-0.1, -0.05) is 90.0 Å². The lowest BCUT2D eigenvalue weighted by Crippen LogP contribution is -2.12. The number of fused-ring (bicyclic) bond motifs is 4. The normalized spacial score (nSPS) is 18.3. The molecule has 0 saturated carbocycles. The molecule has 1 atom stereocenters. The lowest BCUT2D eigenvalue weighted by Gasteiger charge is -2.29. The zero-order valence-corrected chi connectivity index (χ0v) is 18.6. The van der Waals surface area contributed by atoms with Crippen LogP contribution in [0.5, 0.6) is 0 Å². The maximum absolute atomic E-state index is 2.51. The van der Waals surface area contributed by atoms with Gasteiger partial charge in [-0.15, -0.1) is 0 Å². The fourth-order valence-corrected chi connectivity index (χ4v) is 6.44. The molecule has 0 heteroatoms. The van der Waals surface area contributed by atoms with E-state index < -0.39 is 0 Å². The lowest BCUT2D eigenvalue weighted by atomic mass is 9.74. The van der Waals surface area contributed by atoms with E-state index in [-0.39, 0.29) is 0 Å². The summed E-state index contributed by atoms with van der Waals surface area (Å²) in [5.41, 5.74) is 16.2. The number of rotatable bonds is 2. The Morgan fingerprint density at radius 1 is 0.750 bits per heavy atom. The Hall–Kier alpha value is -3.38. The molecular weight excluding hydrogens is 384 g/mol. The second-order valence-corrected chi connectivity index (χ2v) is 9.57. The zero-order chi connectivity index (χ0) is 21.4. The van der Waals surface area contributed by atoms with Gasteiger partial charge in [0.15, 0.2) is 0 Å². The molecule has 4 aromatic carbocycles. The van der Waals surface area contributed by atoms with Gasteiger partial charge in [0.1, 0.15) is 0 Å². The van der Waals surface area contributed by atoms with E-state index in [1.807, 2.05) is 0 Å². The minimum Gasteiger partial charge on any atom is -0.0622 e. The summed E-state index contributed by atoms with van der Waals surface area (Å²) in [5.74, 6) is 0.341. The molecule has 2 bridgehead atoms.